The topological polar surface area (TPSA) is 84.2 Å². The molecule has 70 valence electrons. The van der Waals surface area contributed by atoms with Crippen molar-refractivity contribution < 1.29 is 9.59 Å². The number of hydrogen-bond donors (Lipinski definition) is 3. The highest BCUT2D eigenvalue weighted by atomic mass is 16.2. The maximum atomic E-state index is 10.8. The molecule has 0 spiro atoms. The standard InChI is InChI=1S/C7H15N3O2/c1-2-3-6(11)9-4-5-10-7(8)12/h2-5H2,1H3,(H,9,11)(H3,8,10,12). The van der Waals surface area contributed by atoms with Crippen molar-refractivity contribution in [1.82, 2.24) is 10.6 Å². The van der Waals surface area contributed by atoms with Crippen LogP contribution in [0.1, 0.15) is 19.8 Å². The minimum Gasteiger partial charge on any atom is -0.354 e. The smallest absolute Gasteiger partial charge is 0.312 e. The average Bonchev–Trinajstić information content (AvgIpc) is 1.98. The summed E-state index contributed by atoms with van der Waals surface area (Å²) in [6.07, 6.45) is 1.35. The predicted octanol–water partition coefficient (Wildman–Crippen LogP) is -0.429. The molecule has 0 atom stereocenters. The molecule has 0 saturated heterocycles. The summed E-state index contributed by atoms with van der Waals surface area (Å²) in [7, 11) is 0. The van der Waals surface area contributed by atoms with Gasteiger partial charge in [0.15, 0.2) is 0 Å². The molecule has 0 aliphatic carbocycles. The molecule has 0 aromatic carbocycles. The Morgan fingerprint density at radius 1 is 1.25 bits per heavy atom. The van der Waals surface area contributed by atoms with Gasteiger partial charge >= 0.3 is 6.03 Å². The van der Waals surface area contributed by atoms with Crippen molar-refractivity contribution in [3.63, 3.8) is 0 Å². The van der Waals surface area contributed by atoms with Gasteiger partial charge in [0, 0.05) is 19.5 Å². The van der Waals surface area contributed by atoms with E-state index in [9.17, 15) is 9.59 Å². The summed E-state index contributed by atoms with van der Waals surface area (Å²) in [6.45, 7) is 2.74. The lowest BCUT2D eigenvalue weighted by atomic mass is 10.3. The summed E-state index contributed by atoms with van der Waals surface area (Å²) in [5, 5.41) is 5.00. The first-order chi connectivity index (χ1) is 5.66. The maximum absolute atomic E-state index is 10.8. The van der Waals surface area contributed by atoms with E-state index in [2.05, 4.69) is 10.6 Å². The van der Waals surface area contributed by atoms with Crippen LogP contribution in [0, 0.1) is 0 Å². The second-order valence-corrected chi connectivity index (χ2v) is 2.39. The molecule has 0 aliphatic rings. The fourth-order valence-electron chi connectivity index (χ4n) is 0.703. The van der Waals surface area contributed by atoms with Crippen LogP contribution in [0.3, 0.4) is 0 Å². The molecule has 12 heavy (non-hydrogen) atoms. The van der Waals surface area contributed by atoms with Gasteiger partial charge in [-0.15, -0.1) is 0 Å². The lowest BCUT2D eigenvalue weighted by Gasteiger charge is -2.03. The number of primary amides is 1. The SMILES string of the molecule is CCCC(=O)NCCNC(N)=O. The summed E-state index contributed by atoms with van der Waals surface area (Å²) in [4.78, 5) is 21.0. The lowest BCUT2D eigenvalue weighted by molar-refractivity contribution is -0.121. The highest BCUT2D eigenvalue weighted by Crippen LogP contribution is 1.83. The molecule has 0 fully saturated rings. The number of hydrogen-bond acceptors (Lipinski definition) is 2. The van der Waals surface area contributed by atoms with Gasteiger partial charge < -0.3 is 16.4 Å². The van der Waals surface area contributed by atoms with Crippen LogP contribution >= 0.6 is 0 Å². The molecule has 4 N–H and O–H groups in total. The molecule has 0 aromatic rings. The summed E-state index contributed by atoms with van der Waals surface area (Å²) in [5.41, 5.74) is 4.81. The third kappa shape index (κ3) is 6.85. The van der Waals surface area contributed by atoms with E-state index in [0.29, 0.717) is 19.5 Å². The number of urea groups is 1. The van der Waals surface area contributed by atoms with E-state index in [1.165, 1.54) is 0 Å². The minimum atomic E-state index is -0.570. The summed E-state index contributed by atoms with van der Waals surface area (Å²) >= 11 is 0. The van der Waals surface area contributed by atoms with Gasteiger partial charge in [0.25, 0.3) is 0 Å². The number of amides is 3. The monoisotopic (exact) mass is 173 g/mol. The van der Waals surface area contributed by atoms with Crippen LogP contribution in [0.25, 0.3) is 0 Å². The number of nitrogens with one attached hydrogen (secondary N) is 2. The molecular weight excluding hydrogens is 158 g/mol. The van der Waals surface area contributed by atoms with E-state index in [0.717, 1.165) is 6.42 Å². The highest BCUT2D eigenvalue weighted by Gasteiger charge is 1.97. The van der Waals surface area contributed by atoms with Crippen LogP contribution in [-0.2, 0) is 4.79 Å². The van der Waals surface area contributed by atoms with Gasteiger partial charge in [-0.3, -0.25) is 4.79 Å². The van der Waals surface area contributed by atoms with Crippen molar-refractivity contribution >= 4 is 11.9 Å². The average molecular weight is 173 g/mol. The summed E-state index contributed by atoms with van der Waals surface area (Å²) < 4.78 is 0. The van der Waals surface area contributed by atoms with Gasteiger partial charge in [-0.1, -0.05) is 6.92 Å². The zero-order valence-corrected chi connectivity index (χ0v) is 7.22. The van der Waals surface area contributed by atoms with E-state index in [1.807, 2.05) is 6.92 Å². The Kier molecular flexibility index (Phi) is 5.77. The summed E-state index contributed by atoms with van der Waals surface area (Å²) in [5.74, 6) is 0.00349. The quantitative estimate of drug-likeness (QED) is 0.493. The number of carbonyl (C=O) groups is 2. The molecule has 0 radical (unpaired) electrons. The molecule has 0 aliphatic heterocycles. The van der Waals surface area contributed by atoms with Gasteiger partial charge in [-0.05, 0) is 6.42 Å². The van der Waals surface area contributed by atoms with E-state index < -0.39 is 6.03 Å². The van der Waals surface area contributed by atoms with Crippen molar-refractivity contribution in [2.75, 3.05) is 13.1 Å². The van der Waals surface area contributed by atoms with Gasteiger partial charge in [0.05, 0.1) is 0 Å². The minimum absolute atomic E-state index is 0.00349. The highest BCUT2D eigenvalue weighted by molar-refractivity contribution is 5.76. The van der Waals surface area contributed by atoms with E-state index in [1.54, 1.807) is 0 Å². The van der Waals surface area contributed by atoms with Crippen LogP contribution in [0.2, 0.25) is 0 Å². The van der Waals surface area contributed by atoms with Gasteiger partial charge in [0.1, 0.15) is 0 Å². The molecule has 0 bridgehead atoms. The third-order valence-corrected chi connectivity index (χ3v) is 1.22. The predicted molar refractivity (Wildman–Crippen MR) is 45.5 cm³/mol. The second-order valence-electron chi connectivity index (χ2n) is 2.39. The normalized spacial score (nSPS) is 9.08. The molecule has 5 nitrogen and oxygen atoms in total. The molecule has 0 heterocycles. The number of rotatable bonds is 5. The Labute approximate surface area is 71.7 Å². The fraction of sp³-hybridized carbons (Fsp3) is 0.714. The van der Waals surface area contributed by atoms with Gasteiger partial charge in [-0.25, -0.2) is 4.79 Å². The van der Waals surface area contributed by atoms with Gasteiger partial charge in [-0.2, -0.15) is 0 Å². The van der Waals surface area contributed by atoms with Crippen LogP contribution in [-0.4, -0.2) is 25.0 Å². The van der Waals surface area contributed by atoms with Crippen LogP contribution < -0.4 is 16.4 Å². The Morgan fingerprint density at radius 2 is 1.83 bits per heavy atom. The van der Waals surface area contributed by atoms with Crippen molar-refractivity contribution in [2.45, 2.75) is 19.8 Å². The summed E-state index contributed by atoms with van der Waals surface area (Å²) in [6, 6.07) is -0.570. The lowest BCUT2D eigenvalue weighted by Crippen LogP contribution is -2.37. The van der Waals surface area contributed by atoms with Gasteiger partial charge in [0.2, 0.25) is 5.91 Å². The zero-order valence-electron chi connectivity index (χ0n) is 7.22. The van der Waals surface area contributed by atoms with Crippen molar-refractivity contribution in [2.24, 2.45) is 5.73 Å². The van der Waals surface area contributed by atoms with E-state index in [-0.39, 0.29) is 5.91 Å². The molecule has 0 unspecified atom stereocenters. The Morgan fingerprint density at radius 3 is 2.33 bits per heavy atom. The first-order valence-corrected chi connectivity index (χ1v) is 3.96. The van der Waals surface area contributed by atoms with Crippen LogP contribution in [0.4, 0.5) is 4.79 Å². The van der Waals surface area contributed by atoms with E-state index in [4.69, 9.17) is 5.73 Å². The Bertz CT molecular complexity index is 159. The first-order valence-electron chi connectivity index (χ1n) is 3.96. The first kappa shape index (κ1) is 10.7. The largest absolute Gasteiger partial charge is 0.354 e. The van der Waals surface area contributed by atoms with Crippen molar-refractivity contribution in [3.8, 4) is 0 Å². The molecule has 5 heteroatoms. The zero-order chi connectivity index (χ0) is 9.40. The fourth-order valence-corrected chi connectivity index (χ4v) is 0.703. The molecule has 3 amide bonds. The van der Waals surface area contributed by atoms with E-state index >= 15 is 0 Å². The maximum Gasteiger partial charge on any atom is 0.312 e. The van der Waals surface area contributed by atoms with Crippen LogP contribution in [0.5, 0.6) is 0 Å². The van der Waals surface area contributed by atoms with Crippen molar-refractivity contribution in [1.29, 1.82) is 0 Å². The molecular formula is C7H15N3O2. The second kappa shape index (κ2) is 6.45. The molecule has 0 aromatic heterocycles. The number of nitrogens with two attached hydrogens (primary N) is 1. The van der Waals surface area contributed by atoms with Crippen LogP contribution in [0.15, 0.2) is 0 Å². The number of carbonyl (C=O) groups excluding carboxylic acids is 2. The third-order valence-electron chi connectivity index (χ3n) is 1.22. The Balaban J connectivity index is 3.19. The van der Waals surface area contributed by atoms with Crippen molar-refractivity contribution in [3.05, 3.63) is 0 Å². The molecule has 0 rings (SSSR count). The Hall–Kier alpha value is -1.26. The molecule has 0 saturated carbocycles.